The quantitative estimate of drug-likeness (QED) is 0.156. The van der Waals surface area contributed by atoms with Gasteiger partial charge >= 0.3 is 0 Å². The Morgan fingerprint density at radius 1 is 1.27 bits per heavy atom. The Balaban J connectivity index is 3.00. The molecule has 3 atom stereocenters. The summed E-state index contributed by atoms with van der Waals surface area (Å²) >= 11 is 0. The lowest BCUT2D eigenvalue weighted by Crippen LogP contribution is -2.52. The summed E-state index contributed by atoms with van der Waals surface area (Å²) in [6.45, 7) is 8.08. The van der Waals surface area contributed by atoms with Crippen molar-refractivity contribution in [2.45, 2.75) is 77.3 Å². The highest BCUT2D eigenvalue weighted by Gasteiger charge is 2.35. The number of nitrogens with one attached hydrogen (secondary N) is 2. The van der Waals surface area contributed by atoms with Gasteiger partial charge in [-0.1, -0.05) is 50.5 Å². The number of allylic oxidation sites excluding steroid dienone is 2. The first-order valence-corrected chi connectivity index (χ1v) is 10.8. The summed E-state index contributed by atoms with van der Waals surface area (Å²) in [6.07, 6.45) is 8.35. The highest BCUT2D eigenvalue weighted by Crippen LogP contribution is 2.21. The number of carbonyl (C=O) groups excluding carboxylic acids is 3. The van der Waals surface area contributed by atoms with E-state index >= 15 is 0 Å². The van der Waals surface area contributed by atoms with E-state index in [1.165, 1.54) is 0 Å². The Labute approximate surface area is 179 Å². The van der Waals surface area contributed by atoms with E-state index < -0.39 is 17.9 Å². The zero-order valence-corrected chi connectivity index (χ0v) is 18.2. The molecule has 0 bridgehead atoms. The molecule has 0 aromatic rings. The van der Waals surface area contributed by atoms with E-state index in [0.29, 0.717) is 13.0 Å². The third-order valence-corrected chi connectivity index (χ3v) is 5.64. The molecule has 0 aromatic heterocycles. The Hall–Kier alpha value is -2.19. The summed E-state index contributed by atoms with van der Waals surface area (Å²) < 4.78 is 0. The Kier molecular flexibility index (Phi) is 12.0. The number of amides is 3. The number of aliphatic hydroxyl groups is 1. The monoisotopic (exact) mass is 423 g/mol. The molecular weight excluding hydrogens is 386 g/mol. The Bertz CT molecular complexity index is 620. The fourth-order valence-corrected chi connectivity index (χ4v) is 3.80. The van der Waals surface area contributed by atoms with Crippen LogP contribution in [0.4, 0.5) is 0 Å². The third kappa shape index (κ3) is 7.91. The van der Waals surface area contributed by atoms with Crippen molar-refractivity contribution in [2.24, 2.45) is 5.92 Å². The normalized spacial score (nSPS) is 18.6. The van der Waals surface area contributed by atoms with Crippen LogP contribution in [0.15, 0.2) is 24.3 Å². The molecule has 1 fully saturated rings. The van der Waals surface area contributed by atoms with Gasteiger partial charge < -0.3 is 15.3 Å². The summed E-state index contributed by atoms with van der Waals surface area (Å²) in [5.41, 5.74) is 2.40. The van der Waals surface area contributed by atoms with E-state index in [2.05, 4.69) is 11.9 Å². The van der Waals surface area contributed by atoms with Gasteiger partial charge in [-0.3, -0.25) is 19.6 Å². The molecule has 8 nitrogen and oxygen atoms in total. The van der Waals surface area contributed by atoms with E-state index in [0.717, 1.165) is 37.7 Å². The van der Waals surface area contributed by atoms with Gasteiger partial charge in [0.1, 0.15) is 6.04 Å². The third-order valence-electron chi connectivity index (χ3n) is 5.64. The van der Waals surface area contributed by atoms with Crippen LogP contribution in [0.1, 0.15) is 65.2 Å². The molecule has 3 amide bonds. The van der Waals surface area contributed by atoms with Gasteiger partial charge in [-0.2, -0.15) is 0 Å². The molecule has 1 rings (SSSR count). The minimum Gasteiger partial charge on any atom is -0.394 e. The fourth-order valence-electron chi connectivity index (χ4n) is 3.80. The van der Waals surface area contributed by atoms with Gasteiger partial charge in [-0.05, 0) is 26.2 Å². The van der Waals surface area contributed by atoms with Crippen molar-refractivity contribution >= 4 is 17.7 Å². The maximum Gasteiger partial charge on any atom is 0.245 e. The van der Waals surface area contributed by atoms with E-state index in [-0.39, 0.29) is 37.3 Å². The SMILES string of the molecule is C=CC(=CC)C[C@H](NC(=O)[C@H](CCCCC)CC(=O)NO)C(=O)N1CCC[C@H]1CO. The summed E-state index contributed by atoms with van der Waals surface area (Å²) in [7, 11) is 0. The number of hydrogen-bond acceptors (Lipinski definition) is 5. The summed E-state index contributed by atoms with van der Waals surface area (Å²) in [6, 6.07) is -1.05. The number of hydrogen-bond donors (Lipinski definition) is 4. The van der Waals surface area contributed by atoms with E-state index in [1.54, 1.807) is 16.5 Å². The van der Waals surface area contributed by atoms with Crippen LogP contribution in [0.3, 0.4) is 0 Å². The predicted octanol–water partition coefficient (Wildman–Crippen LogP) is 2.07. The summed E-state index contributed by atoms with van der Waals surface area (Å²) in [5, 5.41) is 21.3. The van der Waals surface area contributed by atoms with Crippen LogP contribution >= 0.6 is 0 Å². The Morgan fingerprint density at radius 2 is 2.00 bits per heavy atom. The first-order chi connectivity index (χ1) is 14.4. The fraction of sp³-hybridized carbons (Fsp3) is 0.682. The zero-order valence-electron chi connectivity index (χ0n) is 18.2. The van der Waals surface area contributed by atoms with Crippen LogP contribution in [0.25, 0.3) is 0 Å². The number of hydroxylamine groups is 1. The van der Waals surface area contributed by atoms with Crippen molar-refractivity contribution < 1.29 is 24.7 Å². The predicted molar refractivity (Wildman–Crippen MR) is 115 cm³/mol. The van der Waals surface area contributed by atoms with Gasteiger partial charge in [0, 0.05) is 25.3 Å². The van der Waals surface area contributed by atoms with Crippen molar-refractivity contribution in [1.29, 1.82) is 0 Å². The zero-order chi connectivity index (χ0) is 22.5. The minimum atomic E-state index is -0.806. The molecule has 0 unspecified atom stereocenters. The topological polar surface area (TPSA) is 119 Å². The molecule has 0 aliphatic carbocycles. The largest absolute Gasteiger partial charge is 0.394 e. The maximum atomic E-state index is 13.2. The van der Waals surface area contributed by atoms with Crippen LogP contribution in [-0.4, -0.2) is 58.2 Å². The van der Waals surface area contributed by atoms with Gasteiger partial charge in [0.05, 0.1) is 12.6 Å². The average Bonchev–Trinajstić information content (AvgIpc) is 3.24. The first kappa shape index (κ1) is 25.8. The van der Waals surface area contributed by atoms with Crippen LogP contribution in [0, 0.1) is 5.92 Å². The van der Waals surface area contributed by atoms with Crippen molar-refractivity contribution in [3.05, 3.63) is 24.3 Å². The van der Waals surface area contributed by atoms with E-state index in [4.69, 9.17) is 5.21 Å². The van der Waals surface area contributed by atoms with Gasteiger partial charge in [0.15, 0.2) is 0 Å². The highest BCUT2D eigenvalue weighted by molar-refractivity contribution is 5.91. The second-order valence-electron chi connectivity index (χ2n) is 7.78. The second-order valence-corrected chi connectivity index (χ2v) is 7.78. The lowest BCUT2D eigenvalue weighted by molar-refractivity contribution is -0.139. The first-order valence-electron chi connectivity index (χ1n) is 10.8. The van der Waals surface area contributed by atoms with E-state index in [1.807, 2.05) is 19.9 Å². The summed E-state index contributed by atoms with van der Waals surface area (Å²) in [5.74, 6) is -1.88. The maximum absolute atomic E-state index is 13.2. The van der Waals surface area contributed by atoms with Crippen LogP contribution < -0.4 is 10.8 Å². The molecule has 1 heterocycles. The van der Waals surface area contributed by atoms with E-state index in [9.17, 15) is 19.5 Å². The van der Waals surface area contributed by atoms with Crippen molar-refractivity contribution in [1.82, 2.24) is 15.7 Å². The molecule has 0 aromatic carbocycles. The van der Waals surface area contributed by atoms with Gasteiger partial charge in [-0.25, -0.2) is 5.48 Å². The smallest absolute Gasteiger partial charge is 0.245 e. The van der Waals surface area contributed by atoms with Gasteiger partial charge in [0.25, 0.3) is 0 Å². The molecule has 170 valence electrons. The van der Waals surface area contributed by atoms with Crippen molar-refractivity contribution in [3.8, 4) is 0 Å². The number of likely N-dealkylation sites (tertiary alicyclic amines) is 1. The van der Waals surface area contributed by atoms with Crippen LogP contribution in [0.5, 0.6) is 0 Å². The Morgan fingerprint density at radius 3 is 2.57 bits per heavy atom. The molecule has 1 aliphatic rings. The molecule has 0 saturated carbocycles. The van der Waals surface area contributed by atoms with Gasteiger partial charge in [0.2, 0.25) is 17.7 Å². The summed E-state index contributed by atoms with van der Waals surface area (Å²) in [4.78, 5) is 39.5. The molecule has 30 heavy (non-hydrogen) atoms. The molecule has 0 spiro atoms. The minimum absolute atomic E-state index is 0.110. The van der Waals surface area contributed by atoms with Crippen LogP contribution in [-0.2, 0) is 14.4 Å². The van der Waals surface area contributed by atoms with Crippen LogP contribution in [0.2, 0.25) is 0 Å². The highest BCUT2D eigenvalue weighted by atomic mass is 16.5. The van der Waals surface area contributed by atoms with Crippen molar-refractivity contribution in [2.75, 3.05) is 13.2 Å². The standard InChI is InChI=1S/C22H37N3O5/c1-4-7-8-10-17(14-20(27)24-30)21(28)23-19(13-16(5-2)6-3)22(29)25-12-9-11-18(25)15-26/h5-6,17-19,26,30H,2,4,7-15H2,1,3H3,(H,23,28)(H,24,27)/t17-,18+,19+/m1/s1. The number of nitrogens with zero attached hydrogens (tertiary/aromatic N) is 1. The number of aliphatic hydroxyl groups excluding tert-OH is 1. The number of rotatable bonds is 13. The second kappa shape index (κ2) is 13.9. The molecule has 1 saturated heterocycles. The lowest BCUT2D eigenvalue weighted by atomic mass is 9.95. The molecular formula is C22H37N3O5. The van der Waals surface area contributed by atoms with Crippen molar-refractivity contribution in [3.63, 3.8) is 0 Å². The lowest BCUT2D eigenvalue weighted by Gasteiger charge is -2.29. The number of carbonyl (C=O) groups is 3. The molecule has 4 N–H and O–H groups in total. The molecule has 0 radical (unpaired) electrons. The van der Waals surface area contributed by atoms with Gasteiger partial charge in [-0.15, -0.1) is 0 Å². The average molecular weight is 424 g/mol. The number of unbranched alkanes of at least 4 members (excludes halogenated alkanes) is 2. The molecule has 1 aliphatic heterocycles. The molecule has 8 heteroatoms.